The van der Waals surface area contributed by atoms with E-state index in [1.165, 1.54) is 31.9 Å². The molecule has 8 nitrogen and oxygen atoms in total. The van der Waals surface area contributed by atoms with Gasteiger partial charge in [0.2, 0.25) is 5.88 Å². The number of nitrogens with zero attached hydrogens (tertiary/aromatic N) is 2. The fourth-order valence-electron chi connectivity index (χ4n) is 3.73. The molecule has 2 aliphatic rings. The summed E-state index contributed by atoms with van der Waals surface area (Å²) in [7, 11) is 0. The van der Waals surface area contributed by atoms with Gasteiger partial charge in [-0.1, -0.05) is 6.08 Å². The minimum Gasteiger partial charge on any atom is -0.476 e. The lowest BCUT2D eigenvalue weighted by Crippen LogP contribution is -2.34. The maximum atomic E-state index is 14.6. The largest absolute Gasteiger partial charge is 0.476 e. The van der Waals surface area contributed by atoms with Gasteiger partial charge in [-0.3, -0.25) is 10.1 Å². The number of hydrogen-bond donors (Lipinski definition) is 3. The van der Waals surface area contributed by atoms with Gasteiger partial charge in [0.15, 0.2) is 0 Å². The molecule has 1 aliphatic carbocycles. The van der Waals surface area contributed by atoms with Crippen LogP contribution in [-0.4, -0.2) is 59.7 Å². The quantitative estimate of drug-likeness (QED) is 0.455. The van der Waals surface area contributed by atoms with Gasteiger partial charge < -0.3 is 20.7 Å². The number of alkyl halides is 1. The van der Waals surface area contributed by atoms with Crippen LogP contribution in [0.25, 0.3) is 0 Å². The van der Waals surface area contributed by atoms with E-state index in [0.29, 0.717) is 6.54 Å². The van der Waals surface area contributed by atoms with E-state index in [1.54, 1.807) is 0 Å². The van der Waals surface area contributed by atoms with Gasteiger partial charge in [-0.15, -0.1) is 0 Å². The molecule has 1 aromatic rings. The number of carbonyl (C=O) groups excluding carboxylic acids is 2. The fourth-order valence-corrected chi connectivity index (χ4v) is 4.46. The zero-order valence-electron chi connectivity index (χ0n) is 18.0. The summed E-state index contributed by atoms with van der Waals surface area (Å²) in [5, 5.41) is 5.40. The van der Waals surface area contributed by atoms with Crippen LogP contribution in [0.3, 0.4) is 0 Å². The first-order valence-electron chi connectivity index (χ1n) is 10.7. The summed E-state index contributed by atoms with van der Waals surface area (Å²) in [6.45, 7) is 4.66. The average Bonchev–Trinajstić information content (AvgIpc) is 3.37. The Balaban J connectivity index is 1.50. The van der Waals surface area contributed by atoms with Crippen LogP contribution < -0.4 is 21.1 Å². The van der Waals surface area contributed by atoms with Crippen molar-refractivity contribution in [2.24, 2.45) is 11.7 Å². The molecular formula is C21H29F2N5O3S. The SMILES string of the molecule is CC1(F)C=CC=C(F)C1COc1nsc(NC(=O)NCCCCN2CCCC2)c1C(N)=O. The van der Waals surface area contributed by atoms with Gasteiger partial charge in [0.1, 0.15) is 28.7 Å². The standard InChI is InChI=1S/C21H29F2N5O3S/c1-21(23)8-6-7-15(22)14(21)13-31-18-16(17(24)29)19(32-27-18)26-20(30)25-9-2-3-10-28-11-4-5-12-28/h6-8,14H,2-5,9-13H2,1H3,(H2,24,29)(H2,25,26,30). The normalized spacial score (nSPS) is 23.1. The number of aromatic nitrogens is 1. The molecule has 32 heavy (non-hydrogen) atoms. The van der Waals surface area contributed by atoms with E-state index in [2.05, 4.69) is 19.9 Å². The van der Waals surface area contributed by atoms with E-state index in [0.717, 1.165) is 50.1 Å². The first kappa shape index (κ1) is 24.1. The summed E-state index contributed by atoms with van der Waals surface area (Å²) in [6.07, 6.45) is 8.02. The maximum absolute atomic E-state index is 14.6. The molecule has 0 radical (unpaired) electrons. The van der Waals surface area contributed by atoms with Crippen molar-refractivity contribution in [3.8, 4) is 5.88 Å². The number of likely N-dealkylation sites (tertiary alicyclic amines) is 1. The van der Waals surface area contributed by atoms with Crippen molar-refractivity contribution in [3.05, 3.63) is 29.6 Å². The monoisotopic (exact) mass is 469 g/mol. The third kappa shape index (κ3) is 6.26. The lowest BCUT2D eigenvalue weighted by molar-refractivity contribution is 0.0981. The topological polar surface area (TPSA) is 110 Å². The lowest BCUT2D eigenvalue weighted by atomic mass is 9.87. The second-order valence-electron chi connectivity index (χ2n) is 8.12. The number of halogens is 2. The molecule has 2 heterocycles. The highest BCUT2D eigenvalue weighted by Gasteiger charge is 2.38. The highest BCUT2D eigenvalue weighted by Crippen LogP contribution is 2.36. The summed E-state index contributed by atoms with van der Waals surface area (Å²) in [5.41, 5.74) is 3.35. The van der Waals surface area contributed by atoms with Crippen molar-refractivity contribution in [1.29, 1.82) is 0 Å². The van der Waals surface area contributed by atoms with Gasteiger partial charge in [0.05, 0.1) is 5.92 Å². The van der Waals surface area contributed by atoms with Crippen LogP contribution in [-0.2, 0) is 0 Å². The second kappa shape index (κ2) is 10.9. The zero-order valence-corrected chi connectivity index (χ0v) is 18.9. The van der Waals surface area contributed by atoms with Crippen LogP contribution in [0.1, 0.15) is 43.0 Å². The van der Waals surface area contributed by atoms with Gasteiger partial charge in [0, 0.05) is 6.54 Å². The number of carbonyl (C=O) groups is 2. The van der Waals surface area contributed by atoms with Gasteiger partial charge in [-0.25, -0.2) is 13.6 Å². The van der Waals surface area contributed by atoms with Crippen LogP contribution in [0.5, 0.6) is 5.88 Å². The predicted molar refractivity (Wildman–Crippen MR) is 119 cm³/mol. The third-order valence-corrected chi connectivity index (χ3v) is 6.34. The number of hydrogen-bond acceptors (Lipinski definition) is 6. The van der Waals surface area contributed by atoms with E-state index in [4.69, 9.17) is 10.5 Å². The third-order valence-electron chi connectivity index (χ3n) is 5.60. The molecule has 2 atom stereocenters. The first-order chi connectivity index (χ1) is 15.3. The molecular weight excluding hydrogens is 440 g/mol. The molecule has 4 N–H and O–H groups in total. The Morgan fingerprint density at radius 3 is 2.81 bits per heavy atom. The number of rotatable bonds is 10. The van der Waals surface area contributed by atoms with E-state index in [-0.39, 0.29) is 23.1 Å². The Hall–Kier alpha value is -2.53. The van der Waals surface area contributed by atoms with E-state index >= 15 is 0 Å². The number of ether oxygens (including phenoxy) is 1. The summed E-state index contributed by atoms with van der Waals surface area (Å²) in [5.74, 6) is -2.88. The Morgan fingerprint density at radius 1 is 1.38 bits per heavy atom. The van der Waals surface area contributed by atoms with Gasteiger partial charge in [-0.05, 0) is 75.9 Å². The highest BCUT2D eigenvalue weighted by atomic mass is 32.1. The number of urea groups is 1. The Kier molecular flexibility index (Phi) is 8.19. The van der Waals surface area contributed by atoms with E-state index < -0.39 is 29.4 Å². The van der Waals surface area contributed by atoms with Crippen molar-refractivity contribution < 1.29 is 23.1 Å². The molecule has 0 saturated carbocycles. The molecule has 3 amide bonds. The molecule has 176 valence electrons. The van der Waals surface area contributed by atoms with Crippen LogP contribution in [0.2, 0.25) is 0 Å². The number of allylic oxidation sites excluding steroid dienone is 3. The summed E-state index contributed by atoms with van der Waals surface area (Å²) < 4.78 is 38.0. The Labute approximate surface area is 190 Å². The van der Waals surface area contributed by atoms with Crippen LogP contribution in [0, 0.1) is 5.92 Å². The zero-order chi connectivity index (χ0) is 23.1. The highest BCUT2D eigenvalue weighted by molar-refractivity contribution is 7.11. The number of unbranched alkanes of at least 4 members (excludes halogenated alkanes) is 1. The number of anilines is 1. The number of nitrogens with one attached hydrogen (secondary N) is 2. The summed E-state index contributed by atoms with van der Waals surface area (Å²) in [4.78, 5) is 26.5. The molecule has 1 aromatic heterocycles. The van der Waals surface area contributed by atoms with Crippen LogP contribution in [0.15, 0.2) is 24.1 Å². The summed E-state index contributed by atoms with van der Waals surface area (Å²) in [6, 6.07) is -0.494. The molecule has 0 aromatic carbocycles. The Bertz CT molecular complexity index is 881. The van der Waals surface area contributed by atoms with E-state index in [9.17, 15) is 18.4 Å². The minimum absolute atomic E-state index is 0.115. The molecule has 1 fully saturated rings. The summed E-state index contributed by atoms with van der Waals surface area (Å²) >= 11 is 0.810. The Morgan fingerprint density at radius 2 is 2.12 bits per heavy atom. The minimum atomic E-state index is -1.95. The van der Waals surface area contributed by atoms with Gasteiger partial charge in [-0.2, -0.15) is 4.37 Å². The van der Waals surface area contributed by atoms with Gasteiger partial charge >= 0.3 is 6.03 Å². The van der Waals surface area contributed by atoms with Crippen molar-refractivity contribution >= 4 is 28.5 Å². The van der Waals surface area contributed by atoms with Crippen molar-refractivity contribution in [2.75, 3.05) is 38.1 Å². The van der Waals surface area contributed by atoms with Crippen LogP contribution in [0.4, 0.5) is 18.6 Å². The molecule has 1 aliphatic heterocycles. The molecule has 2 unspecified atom stereocenters. The molecule has 1 saturated heterocycles. The molecule has 0 bridgehead atoms. The fraction of sp³-hybridized carbons (Fsp3) is 0.571. The van der Waals surface area contributed by atoms with E-state index in [1.807, 2.05) is 0 Å². The van der Waals surface area contributed by atoms with Crippen molar-refractivity contribution in [3.63, 3.8) is 0 Å². The smallest absolute Gasteiger partial charge is 0.319 e. The first-order valence-corrected chi connectivity index (χ1v) is 11.5. The van der Waals surface area contributed by atoms with Crippen molar-refractivity contribution in [1.82, 2.24) is 14.6 Å². The maximum Gasteiger partial charge on any atom is 0.319 e. The van der Waals surface area contributed by atoms with Crippen molar-refractivity contribution in [2.45, 2.75) is 38.3 Å². The van der Waals surface area contributed by atoms with Crippen LogP contribution >= 0.6 is 11.5 Å². The molecule has 3 rings (SSSR count). The average molecular weight is 470 g/mol. The molecule has 0 spiro atoms. The molecule has 11 heteroatoms. The number of amides is 3. The second-order valence-corrected chi connectivity index (χ2v) is 8.89. The number of nitrogens with two attached hydrogens (primary N) is 1. The predicted octanol–water partition coefficient (Wildman–Crippen LogP) is 3.39. The van der Waals surface area contributed by atoms with Gasteiger partial charge in [0.25, 0.3) is 5.91 Å². The lowest BCUT2D eigenvalue weighted by Gasteiger charge is -2.28. The number of primary amides is 1.